The number of rotatable bonds is 3. The zero-order valence-corrected chi connectivity index (χ0v) is 12.5. The van der Waals surface area contributed by atoms with Crippen LogP contribution in [0.25, 0.3) is 0 Å². The van der Waals surface area contributed by atoms with Crippen LogP contribution in [-0.4, -0.2) is 42.9 Å². The zero-order valence-electron chi connectivity index (χ0n) is 12.5. The third-order valence-corrected chi connectivity index (χ3v) is 5.14. The number of hydrogen-bond donors (Lipinski definition) is 0. The molecule has 1 aromatic rings. The summed E-state index contributed by atoms with van der Waals surface area (Å²) in [5.74, 6) is -0.766. The van der Waals surface area contributed by atoms with Crippen LogP contribution >= 0.6 is 0 Å². The lowest BCUT2D eigenvalue weighted by molar-refractivity contribution is -0.151. The summed E-state index contributed by atoms with van der Waals surface area (Å²) in [4.78, 5) is 27.3. The van der Waals surface area contributed by atoms with Gasteiger partial charge in [0.1, 0.15) is 0 Å². The van der Waals surface area contributed by atoms with Crippen molar-refractivity contribution in [1.82, 2.24) is 4.90 Å². The number of Topliss-reactive ketones (excluding diaryl/α,β-unsaturated/α-hetero) is 1. The van der Waals surface area contributed by atoms with Gasteiger partial charge in [0.05, 0.1) is 13.0 Å². The molecule has 2 fully saturated rings. The van der Waals surface area contributed by atoms with E-state index in [1.807, 2.05) is 30.3 Å². The summed E-state index contributed by atoms with van der Waals surface area (Å²) in [5, 5.41) is 0. The number of ether oxygens (including phenoxy) is 1. The molecular weight excluding hydrogens is 266 g/mol. The Morgan fingerprint density at radius 3 is 2.57 bits per heavy atom. The van der Waals surface area contributed by atoms with Gasteiger partial charge in [0.25, 0.3) is 0 Å². The smallest absolute Gasteiger partial charge is 0.311 e. The second-order valence-corrected chi connectivity index (χ2v) is 6.09. The van der Waals surface area contributed by atoms with Crippen LogP contribution in [-0.2, 0) is 9.53 Å². The fraction of sp³-hybridized carbons (Fsp3) is 0.529. The maximum absolute atomic E-state index is 12.8. The predicted octanol–water partition coefficient (Wildman–Crippen LogP) is 2.14. The van der Waals surface area contributed by atoms with Crippen molar-refractivity contribution in [3.63, 3.8) is 0 Å². The quantitative estimate of drug-likeness (QED) is 0.631. The number of benzene rings is 1. The van der Waals surface area contributed by atoms with E-state index in [-0.39, 0.29) is 29.6 Å². The monoisotopic (exact) mass is 287 g/mol. The predicted molar refractivity (Wildman–Crippen MR) is 79.0 cm³/mol. The molecule has 1 aromatic carbocycles. The Bertz CT molecular complexity index is 542. The summed E-state index contributed by atoms with van der Waals surface area (Å²) >= 11 is 0. The lowest BCUT2D eigenvalue weighted by Gasteiger charge is -2.40. The average Bonchev–Trinajstić information content (AvgIpc) is 2.76. The first-order valence-corrected chi connectivity index (χ1v) is 7.52. The number of piperidine rings is 1. The van der Waals surface area contributed by atoms with E-state index in [0.29, 0.717) is 11.6 Å². The normalized spacial score (nSPS) is 31.9. The van der Waals surface area contributed by atoms with Gasteiger partial charge in [0, 0.05) is 23.6 Å². The molecule has 2 aliphatic rings. The summed E-state index contributed by atoms with van der Waals surface area (Å²) < 4.78 is 4.99. The van der Waals surface area contributed by atoms with Gasteiger partial charge in [-0.05, 0) is 26.3 Å². The largest absolute Gasteiger partial charge is 0.469 e. The van der Waals surface area contributed by atoms with Gasteiger partial charge in [0.2, 0.25) is 0 Å². The zero-order chi connectivity index (χ0) is 15.0. The van der Waals surface area contributed by atoms with Crippen LogP contribution in [0.4, 0.5) is 0 Å². The number of hydrogen-bond acceptors (Lipinski definition) is 4. The highest BCUT2D eigenvalue weighted by atomic mass is 16.5. The van der Waals surface area contributed by atoms with Crippen LogP contribution in [0.2, 0.25) is 0 Å². The average molecular weight is 287 g/mol. The van der Waals surface area contributed by atoms with Gasteiger partial charge in [-0.15, -0.1) is 0 Å². The lowest BCUT2D eigenvalue weighted by Crippen LogP contribution is -2.52. The molecule has 2 aliphatic heterocycles. The van der Waals surface area contributed by atoms with E-state index in [4.69, 9.17) is 4.74 Å². The Morgan fingerprint density at radius 2 is 1.90 bits per heavy atom. The number of esters is 1. The summed E-state index contributed by atoms with van der Waals surface area (Å²) in [5.41, 5.74) is 0.695. The van der Waals surface area contributed by atoms with Crippen molar-refractivity contribution in [2.45, 2.75) is 31.3 Å². The fourth-order valence-electron chi connectivity index (χ4n) is 4.01. The van der Waals surface area contributed by atoms with Crippen molar-refractivity contribution >= 4 is 11.8 Å². The second kappa shape index (κ2) is 5.60. The topological polar surface area (TPSA) is 46.6 Å². The molecule has 21 heavy (non-hydrogen) atoms. The molecule has 4 atom stereocenters. The number of carbonyl (C=O) groups is 2. The molecule has 0 aromatic heterocycles. The molecule has 0 N–H and O–H groups in total. The summed E-state index contributed by atoms with van der Waals surface area (Å²) in [6.45, 7) is 0. The minimum atomic E-state index is -0.341. The molecule has 0 spiro atoms. The Hall–Kier alpha value is -1.68. The van der Waals surface area contributed by atoms with E-state index in [0.717, 1.165) is 19.3 Å². The minimum absolute atomic E-state index is 0.0796. The molecule has 2 saturated heterocycles. The Morgan fingerprint density at radius 1 is 1.19 bits per heavy atom. The molecule has 112 valence electrons. The van der Waals surface area contributed by atoms with Crippen molar-refractivity contribution in [2.24, 2.45) is 11.8 Å². The van der Waals surface area contributed by atoms with Crippen molar-refractivity contribution in [3.8, 4) is 0 Å². The van der Waals surface area contributed by atoms with Gasteiger partial charge in [-0.25, -0.2) is 0 Å². The third-order valence-electron chi connectivity index (χ3n) is 5.14. The van der Waals surface area contributed by atoms with Crippen LogP contribution in [0.15, 0.2) is 30.3 Å². The van der Waals surface area contributed by atoms with Crippen molar-refractivity contribution < 1.29 is 14.3 Å². The molecule has 2 heterocycles. The number of fused-ring (bicyclic) bond motifs is 2. The van der Waals surface area contributed by atoms with Gasteiger partial charge in [-0.2, -0.15) is 0 Å². The first-order valence-electron chi connectivity index (χ1n) is 7.52. The molecule has 0 unspecified atom stereocenters. The second-order valence-electron chi connectivity index (χ2n) is 6.09. The van der Waals surface area contributed by atoms with Crippen LogP contribution < -0.4 is 0 Å². The van der Waals surface area contributed by atoms with Gasteiger partial charge in [-0.3, -0.25) is 14.5 Å². The highest BCUT2D eigenvalue weighted by Crippen LogP contribution is 2.43. The molecule has 4 nitrogen and oxygen atoms in total. The molecular formula is C17H21NO3. The highest BCUT2D eigenvalue weighted by molar-refractivity contribution is 6.00. The summed E-state index contributed by atoms with van der Waals surface area (Å²) in [6, 6.07) is 9.83. The maximum atomic E-state index is 12.8. The van der Waals surface area contributed by atoms with Gasteiger partial charge in [0.15, 0.2) is 5.78 Å². The minimum Gasteiger partial charge on any atom is -0.469 e. The van der Waals surface area contributed by atoms with Crippen LogP contribution in [0.3, 0.4) is 0 Å². The first-order chi connectivity index (χ1) is 10.1. The molecule has 0 aliphatic carbocycles. The summed E-state index contributed by atoms with van der Waals surface area (Å²) in [6.07, 6.45) is 2.78. The van der Waals surface area contributed by atoms with Crippen LogP contribution in [0, 0.1) is 11.8 Å². The van der Waals surface area contributed by atoms with Crippen LogP contribution in [0.5, 0.6) is 0 Å². The molecule has 2 bridgehead atoms. The number of ketones is 1. The van der Waals surface area contributed by atoms with Gasteiger partial charge in [-0.1, -0.05) is 30.3 Å². The summed E-state index contributed by atoms with van der Waals surface area (Å²) in [7, 11) is 3.47. The Kier molecular flexibility index (Phi) is 3.81. The number of nitrogens with zero attached hydrogens (tertiary/aromatic N) is 1. The van der Waals surface area contributed by atoms with Gasteiger partial charge < -0.3 is 4.74 Å². The molecule has 0 radical (unpaired) electrons. The fourth-order valence-corrected chi connectivity index (χ4v) is 4.01. The van der Waals surface area contributed by atoms with E-state index >= 15 is 0 Å². The highest BCUT2D eigenvalue weighted by Gasteiger charge is 2.51. The Labute approximate surface area is 125 Å². The molecule has 0 saturated carbocycles. The lowest BCUT2D eigenvalue weighted by atomic mass is 9.76. The van der Waals surface area contributed by atoms with Crippen molar-refractivity contribution in [2.75, 3.05) is 14.2 Å². The third kappa shape index (κ3) is 2.38. The number of methoxy groups -OCH3 is 1. The molecule has 3 rings (SSSR count). The maximum Gasteiger partial charge on any atom is 0.311 e. The van der Waals surface area contributed by atoms with Gasteiger partial charge >= 0.3 is 5.97 Å². The van der Waals surface area contributed by atoms with E-state index < -0.39 is 0 Å². The van der Waals surface area contributed by atoms with E-state index in [1.54, 1.807) is 0 Å². The van der Waals surface area contributed by atoms with Crippen molar-refractivity contribution in [3.05, 3.63) is 35.9 Å². The standard InChI is InChI=1S/C17H21NO3/c1-18-12-8-9-14(18)15(17(20)21-2)13(10-12)16(19)11-6-4-3-5-7-11/h3-7,12-15H,8-10H2,1-2H3/t12-,13+,14+,15+/m1/s1. The van der Waals surface area contributed by atoms with E-state index in [1.165, 1.54) is 7.11 Å². The SMILES string of the molecule is COC(=O)[C@H]1[C@@H](C(=O)c2ccccc2)C[C@H]2CC[C@@H]1N2C. The number of carbonyl (C=O) groups excluding carboxylic acids is 2. The molecule has 4 heteroatoms. The van der Waals surface area contributed by atoms with Crippen molar-refractivity contribution in [1.29, 1.82) is 0 Å². The van der Waals surface area contributed by atoms with E-state index in [2.05, 4.69) is 11.9 Å². The van der Waals surface area contributed by atoms with Crippen LogP contribution in [0.1, 0.15) is 29.6 Å². The Balaban J connectivity index is 1.92. The first kappa shape index (κ1) is 14.3. The van der Waals surface area contributed by atoms with E-state index in [9.17, 15) is 9.59 Å². The molecule has 0 amide bonds.